The topological polar surface area (TPSA) is 24.1 Å². The molecule has 1 aromatic carbocycles. The van der Waals surface area contributed by atoms with E-state index in [-0.39, 0.29) is 5.82 Å². The second-order valence-electron chi connectivity index (χ2n) is 4.85. The molecule has 19 heavy (non-hydrogen) atoms. The number of rotatable bonds is 7. The van der Waals surface area contributed by atoms with Crippen LogP contribution in [-0.2, 0) is 6.54 Å². The number of benzene rings is 1. The molecule has 0 aromatic heterocycles. The predicted octanol–water partition coefficient (Wildman–Crippen LogP) is 3.76. The van der Waals surface area contributed by atoms with E-state index < -0.39 is 0 Å². The van der Waals surface area contributed by atoms with Gasteiger partial charge in [-0.3, -0.25) is 0 Å². The van der Waals surface area contributed by atoms with Gasteiger partial charge >= 0.3 is 0 Å². The third kappa shape index (κ3) is 7.11. The fourth-order valence-electron chi connectivity index (χ4n) is 1.83. The van der Waals surface area contributed by atoms with Gasteiger partial charge in [0.2, 0.25) is 0 Å². The number of nitrogens with one attached hydrogen (secondary N) is 2. The molecule has 1 aromatic rings. The van der Waals surface area contributed by atoms with Gasteiger partial charge in [0.1, 0.15) is 5.82 Å². The molecule has 0 saturated carbocycles. The molecule has 0 aliphatic heterocycles. The minimum absolute atomic E-state index is 0.214. The molecule has 0 aliphatic carbocycles. The first-order valence-electron chi connectivity index (χ1n) is 6.90. The lowest BCUT2D eigenvalue weighted by atomic mass is 10.1. The lowest BCUT2D eigenvalue weighted by molar-refractivity contribution is 0.550. The van der Waals surface area contributed by atoms with Crippen LogP contribution in [-0.4, -0.2) is 11.2 Å². The molecular weight excluding hydrogens is 259 g/mol. The van der Waals surface area contributed by atoms with E-state index in [4.69, 9.17) is 12.2 Å². The first kappa shape index (κ1) is 15.9. The number of hydrogen-bond acceptors (Lipinski definition) is 1. The fourth-order valence-corrected chi connectivity index (χ4v) is 2.11. The number of thiocarbonyl (C=S) groups is 1. The van der Waals surface area contributed by atoms with E-state index in [0.29, 0.717) is 17.7 Å². The van der Waals surface area contributed by atoms with Crippen molar-refractivity contribution in [1.29, 1.82) is 0 Å². The molecule has 1 rings (SSSR count). The van der Waals surface area contributed by atoms with Crippen molar-refractivity contribution in [3.8, 4) is 0 Å². The highest BCUT2D eigenvalue weighted by atomic mass is 32.1. The molecule has 106 valence electrons. The summed E-state index contributed by atoms with van der Waals surface area (Å²) in [4.78, 5) is 0. The summed E-state index contributed by atoms with van der Waals surface area (Å²) in [6.45, 7) is 4.96. The average Bonchev–Trinajstić information content (AvgIpc) is 2.38. The van der Waals surface area contributed by atoms with Gasteiger partial charge in [-0.25, -0.2) is 4.39 Å². The lowest BCUT2D eigenvalue weighted by Crippen LogP contribution is -2.40. The van der Waals surface area contributed by atoms with Gasteiger partial charge in [0.05, 0.1) is 0 Å². The van der Waals surface area contributed by atoms with Crippen molar-refractivity contribution in [2.24, 2.45) is 0 Å². The molecule has 0 heterocycles. The zero-order chi connectivity index (χ0) is 14.1. The van der Waals surface area contributed by atoms with Gasteiger partial charge in [0.15, 0.2) is 5.11 Å². The maximum absolute atomic E-state index is 12.7. The van der Waals surface area contributed by atoms with Crippen LogP contribution in [0.4, 0.5) is 4.39 Å². The Hall–Kier alpha value is -1.16. The minimum atomic E-state index is -0.214. The fraction of sp³-hybridized carbons (Fsp3) is 0.533. The molecule has 0 aliphatic rings. The van der Waals surface area contributed by atoms with E-state index in [2.05, 4.69) is 24.5 Å². The smallest absolute Gasteiger partial charge is 0.166 e. The van der Waals surface area contributed by atoms with Gasteiger partial charge in [0.25, 0.3) is 0 Å². The maximum atomic E-state index is 12.7. The van der Waals surface area contributed by atoms with Crippen LogP contribution in [0.25, 0.3) is 0 Å². The Balaban J connectivity index is 2.22. The summed E-state index contributed by atoms with van der Waals surface area (Å²) >= 11 is 5.24. The first-order valence-corrected chi connectivity index (χ1v) is 7.31. The molecule has 4 heteroatoms. The Morgan fingerprint density at radius 1 is 1.26 bits per heavy atom. The Labute approximate surface area is 120 Å². The van der Waals surface area contributed by atoms with Crippen LogP contribution in [0.3, 0.4) is 0 Å². The summed E-state index contributed by atoms with van der Waals surface area (Å²) in [5.74, 6) is -0.214. The molecule has 1 atom stereocenters. The van der Waals surface area contributed by atoms with Crippen molar-refractivity contribution in [2.75, 3.05) is 0 Å². The van der Waals surface area contributed by atoms with Gasteiger partial charge in [0, 0.05) is 12.6 Å². The third-order valence-corrected chi connectivity index (χ3v) is 3.25. The van der Waals surface area contributed by atoms with E-state index >= 15 is 0 Å². The van der Waals surface area contributed by atoms with Crippen molar-refractivity contribution < 1.29 is 4.39 Å². The zero-order valence-corrected chi connectivity index (χ0v) is 12.5. The predicted molar refractivity (Wildman–Crippen MR) is 82.6 cm³/mol. The summed E-state index contributed by atoms with van der Waals surface area (Å²) in [6.07, 6.45) is 4.86. The Kier molecular flexibility index (Phi) is 7.41. The number of unbranched alkanes of at least 4 members (excludes halogenated alkanes) is 2. The van der Waals surface area contributed by atoms with Crippen molar-refractivity contribution in [3.63, 3.8) is 0 Å². The highest BCUT2D eigenvalue weighted by Crippen LogP contribution is 2.04. The SMILES string of the molecule is CCCCCC(C)NC(=S)NCc1ccc(F)cc1. The first-order chi connectivity index (χ1) is 9.11. The van der Waals surface area contributed by atoms with Gasteiger partial charge in [-0.2, -0.15) is 0 Å². The van der Waals surface area contributed by atoms with Crippen molar-refractivity contribution in [3.05, 3.63) is 35.6 Å². The normalized spacial score (nSPS) is 11.9. The van der Waals surface area contributed by atoms with Crippen LogP contribution < -0.4 is 10.6 Å². The van der Waals surface area contributed by atoms with E-state index in [1.54, 1.807) is 12.1 Å². The van der Waals surface area contributed by atoms with Crippen LogP contribution in [0.5, 0.6) is 0 Å². The summed E-state index contributed by atoms with van der Waals surface area (Å²) in [6, 6.07) is 6.83. The molecule has 0 fully saturated rings. The number of hydrogen-bond donors (Lipinski definition) is 2. The van der Waals surface area contributed by atoms with Gasteiger partial charge in [-0.05, 0) is 43.3 Å². The molecular formula is C15H23FN2S. The summed E-state index contributed by atoms with van der Waals surface area (Å²) in [5, 5.41) is 7.06. The quantitative estimate of drug-likeness (QED) is 0.588. The Bertz CT molecular complexity index is 378. The molecule has 0 saturated heterocycles. The van der Waals surface area contributed by atoms with Crippen molar-refractivity contribution in [2.45, 2.75) is 52.1 Å². The summed E-state index contributed by atoms with van der Waals surface area (Å²) in [7, 11) is 0. The van der Waals surface area contributed by atoms with Crippen molar-refractivity contribution in [1.82, 2.24) is 10.6 Å². The monoisotopic (exact) mass is 282 g/mol. The van der Waals surface area contributed by atoms with E-state index in [0.717, 1.165) is 12.0 Å². The van der Waals surface area contributed by atoms with Crippen LogP contribution in [0.1, 0.15) is 45.1 Å². The van der Waals surface area contributed by atoms with Crippen LogP contribution >= 0.6 is 12.2 Å². The Morgan fingerprint density at radius 3 is 2.58 bits per heavy atom. The molecule has 0 amide bonds. The second kappa shape index (κ2) is 8.86. The average molecular weight is 282 g/mol. The maximum Gasteiger partial charge on any atom is 0.166 e. The molecule has 0 bridgehead atoms. The lowest BCUT2D eigenvalue weighted by Gasteiger charge is -2.16. The van der Waals surface area contributed by atoms with Crippen LogP contribution in [0.2, 0.25) is 0 Å². The molecule has 0 spiro atoms. The molecule has 2 N–H and O–H groups in total. The highest BCUT2D eigenvalue weighted by molar-refractivity contribution is 7.80. The highest BCUT2D eigenvalue weighted by Gasteiger charge is 2.03. The van der Waals surface area contributed by atoms with Gasteiger partial charge < -0.3 is 10.6 Å². The van der Waals surface area contributed by atoms with E-state index in [9.17, 15) is 4.39 Å². The third-order valence-electron chi connectivity index (χ3n) is 2.98. The zero-order valence-electron chi connectivity index (χ0n) is 11.7. The van der Waals surface area contributed by atoms with Gasteiger partial charge in [-0.1, -0.05) is 38.3 Å². The summed E-state index contributed by atoms with van der Waals surface area (Å²) < 4.78 is 12.7. The minimum Gasteiger partial charge on any atom is -0.360 e. The van der Waals surface area contributed by atoms with Crippen molar-refractivity contribution >= 4 is 17.3 Å². The molecule has 1 unspecified atom stereocenters. The van der Waals surface area contributed by atoms with Crippen LogP contribution in [0.15, 0.2) is 24.3 Å². The second-order valence-corrected chi connectivity index (χ2v) is 5.26. The largest absolute Gasteiger partial charge is 0.360 e. The molecule has 0 radical (unpaired) electrons. The van der Waals surface area contributed by atoms with E-state index in [1.807, 2.05) is 0 Å². The van der Waals surface area contributed by atoms with Gasteiger partial charge in [-0.15, -0.1) is 0 Å². The van der Waals surface area contributed by atoms with Crippen LogP contribution in [0, 0.1) is 5.82 Å². The van der Waals surface area contributed by atoms with E-state index in [1.165, 1.54) is 31.4 Å². The summed E-state index contributed by atoms with van der Waals surface area (Å²) in [5.41, 5.74) is 1.02. The Morgan fingerprint density at radius 2 is 1.95 bits per heavy atom. The standard InChI is InChI=1S/C15H23FN2S/c1-3-4-5-6-12(2)18-15(19)17-11-13-7-9-14(16)10-8-13/h7-10,12H,3-6,11H2,1-2H3,(H2,17,18,19). The number of halogens is 1. The molecule has 2 nitrogen and oxygen atoms in total.